The van der Waals surface area contributed by atoms with Crippen molar-refractivity contribution in [1.82, 2.24) is 9.47 Å². The second kappa shape index (κ2) is 5.75. The van der Waals surface area contributed by atoms with Gasteiger partial charge in [0.15, 0.2) is 0 Å². The molecule has 1 atom stereocenters. The van der Waals surface area contributed by atoms with Gasteiger partial charge in [0.1, 0.15) is 0 Å². The molecule has 1 fully saturated rings. The number of aromatic nitrogens is 1. The van der Waals surface area contributed by atoms with Crippen molar-refractivity contribution in [3.05, 3.63) is 54.4 Å². The molecule has 1 aliphatic heterocycles. The number of carbonyl (C=O) groups is 1. The van der Waals surface area contributed by atoms with Crippen LogP contribution >= 0.6 is 0 Å². The van der Waals surface area contributed by atoms with E-state index in [-0.39, 0.29) is 11.7 Å². The van der Waals surface area contributed by atoms with Crippen LogP contribution in [-0.4, -0.2) is 45.6 Å². The van der Waals surface area contributed by atoms with Crippen molar-refractivity contribution < 1.29 is 14.8 Å². The van der Waals surface area contributed by atoms with Gasteiger partial charge in [-0.15, -0.1) is 0 Å². The molecule has 0 saturated carbocycles. The van der Waals surface area contributed by atoms with E-state index in [0.29, 0.717) is 25.1 Å². The van der Waals surface area contributed by atoms with Gasteiger partial charge >= 0.3 is 7.12 Å². The van der Waals surface area contributed by atoms with Gasteiger partial charge in [-0.05, 0) is 36.8 Å². The zero-order valence-corrected chi connectivity index (χ0v) is 11.6. The maximum atomic E-state index is 12.5. The monoisotopic (exact) mass is 284 g/mol. The van der Waals surface area contributed by atoms with Crippen LogP contribution in [0.4, 0.5) is 0 Å². The summed E-state index contributed by atoms with van der Waals surface area (Å²) in [6.07, 6.45) is 4.48. The van der Waals surface area contributed by atoms with Gasteiger partial charge in [-0.25, -0.2) is 0 Å². The normalized spacial score (nSPS) is 18.0. The van der Waals surface area contributed by atoms with Crippen molar-refractivity contribution in [2.24, 2.45) is 0 Å². The van der Waals surface area contributed by atoms with Crippen molar-refractivity contribution in [3.8, 4) is 5.69 Å². The smallest absolute Gasteiger partial charge is 0.427 e. The molecular weight excluding hydrogens is 267 g/mol. The highest BCUT2D eigenvalue weighted by molar-refractivity contribution is 6.43. The molecule has 0 radical (unpaired) electrons. The highest BCUT2D eigenvalue weighted by Crippen LogP contribution is 2.24. The average Bonchev–Trinajstić information content (AvgIpc) is 3.18. The lowest BCUT2D eigenvalue weighted by Crippen LogP contribution is -2.30. The van der Waals surface area contributed by atoms with Crippen LogP contribution in [0.3, 0.4) is 0 Å². The maximum Gasteiger partial charge on any atom is 0.456 e. The Kier molecular flexibility index (Phi) is 3.81. The minimum atomic E-state index is -1.35. The van der Waals surface area contributed by atoms with Gasteiger partial charge in [-0.3, -0.25) is 4.79 Å². The van der Waals surface area contributed by atoms with E-state index in [1.807, 2.05) is 47.3 Å². The van der Waals surface area contributed by atoms with Gasteiger partial charge in [0, 0.05) is 42.6 Å². The van der Waals surface area contributed by atoms with Crippen LogP contribution in [0.25, 0.3) is 5.69 Å². The Labute approximate surface area is 123 Å². The van der Waals surface area contributed by atoms with Crippen molar-refractivity contribution in [1.29, 1.82) is 0 Å². The van der Waals surface area contributed by atoms with Crippen LogP contribution in [0, 0.1) is 0 Å². The molecule has 21 heavy (non-hydrogen) atoms. The second-order valence-electron chi connectivity index (χ2n) is 5.35. The molecule has 2 aromatic rings. The second-order valence-corrected chi connectivity index (χ2v) is 5.35. The third-order valence-corrected chi connectivity index (χ3v) is 3.93. The number of carbonyl (C=O) groups excluding carboxylic acids is 1. The Morgan fingerprint density at radius 3 is 2.62 bits per heavy atom. The lowest BCUT2D eigenvalue weighted by atomic mass is 9.72. The van der Waals surface area contributed by atoms with Gasteiger partial charge in [-0.1, -0.05) is 6.07 Å². The lowest BCUT2D eigenvalue weighted by molar-refractivity contribution is 0.0792. The molecule has 1 aromatic heterocycles. The van der Waals surface area contributed by atoms with Crippen LogP contribution in [0.1, 0.15) is 16.8 Å². The van der Waals surface area contributed by atoms with Crippen molar-refractivity contribution >= 4 is 13.0 Å². The Morgan fingerprint density at radius 1 is 1.19 bits per heavy atom. The van der Waals surface area contributed by atoms with E-state index < -0.39 is 7.12 Å². The summed E-state index contributed by atoms with van der Waals surface area (Å²) in [6, 6.07) is 11.3. The van der Waals surface area contributed by atoms with Crippen LogP contribution in [0.15, 0.2) is 48.8 Å². The van der Waals surface area contributed by atoms with Crippen LogP contribution in [0.5, 0.6) is 0 Å². The fraction of sp³-hybridized carbons (Fsp3) is 0.267. The zero-order chi connectivity index (χ0) is 14.8. The number of amides is 1. The number of hydrogen-bond acceptors (Lipinski definition) is 3. The van der Waals surface area contributed by atoms with E-state index in [1.54, 1.807) is 11.0 Å². The highest BCUT2D eigenvalue weighted by atomic mass is 16.4. The largest absolute Gasteiger partial charge is 0.456 e. The van der Waals surface area contributed by atoms with Crippen LogP contribution < -0.4 is 0 Å². The molecule has 0 bridgehead atoms. The Bertz CT molecular complexity index is 628. The molecular formula is C15H17BN2O3. The van der Waals surface area contributed by atoms with E-state index in [4.69, 9.17) is 0 Å². The third kappa shape index (κ3) is 2.86. The first-order chi connectivity index (χ1) is 10.1. The molecule has 1 aromatic carbocycles. The number of likely N-dealkylation sites (tertiary alicyclic amines) is 1. The first-order valence-electron chi connectivity index (χ1n) is 7.04. The van der Waals surface area contributed by atoms with Crippen LogP contribution in [-0.2, 0) is 0 Å². The summed E-state index contributed by atoms with van der Waals surface area (Å²) < 4.78 is 1.95. The predicted molar refractivity (Wildman–Crippen MR) is 80.2 cm³/mol. The summed E-state index contributed by atoms with van der Waals surface area (Å²) in [5, 5.41) is 18.4. The molecule has 2 heterocycles. The summed E-state index contributed by atoms with van der Waals surface area (Å²) >= 11 is 0. The average molecular weight is 284 g/mol. The molecule has 2 N–H and O–H groups in total. The molecule has 3 rings (SSSR count). The van der Waals surface area contributed by atoms with Gasteiger partial charge in [0.05, 0.1) is 0 Å². The quantitative estimate of drug-likeness (QED) is 0.831. The zero-order valence-electron chi connectivity index (χ0n) is 11.6. The molecule has 0 spiro atoms. The number of nitrogens with zero attached hydrogens (tertiary/aromatic N) is 2. The van der Waals surface area contributed by atoms with Gasteiger partial charge in [0.2, 0.25) is 0 Å². The SMILES string of the molecule is O=C(c1cccc(-n2cccc2)c1)N1CCC(B(O)O)C1. The minimum Gasteiger partial charge on any atom is -0.427 e. The minimum absolute atomic E-state index is 0.0628. The predicted octanol–water partition coefficient (Wildman–Crippen LogP) is 1.17. The Morgan fingerprint density at radius 2 is 1.95 bits per heavy atom. The van der Waals surface area contributed by atoms with E-state index in [0.717, 1.165) is 5.69 Å². The van der Waals surface area contributed by atoms with Crippen molar-refractivity contribution in [3.63, 3.8) is 0 Å². The van der Waals surface area contributed by atoms with Gasteiger partial charge in [0.25, 0.3) is 5.91 Å². The van der Waals surface area contributed by atoms with Gasteiger partial charge in [-0.2, -0.15) is 0 Å². The topological polar surface area (TPSA) is 65.7 Å². The van der Waals surface area contributed by atoms with E-state index in [2.05, 4.69) is 0 Å². The summed E-state index contributed by atoms with van der Waals surface area (Å²) in [5.41, 5.74) is 1.55. The maximum absolute atomic E-state index is 12.5. The number of rotatable bonds is 3. The molecule has 1 unspecified atom stereocenters. The van der Waals surface area contributed by atoms with Crippen molar-refractivity contribution in [2.75, 3.05) is 13.1 Å². The summed E-state index contributed by atoms with van der Waals surface area (Å²) in [4.78, 5) is 14.2. The highest BCUT2D eigenvalue weighted by Gasteiger charge is 2.33. The van der Waals surface area contributed by atoms with Gasteiger partial charge < -0.3 is 19.5 Å². The summed E-state index contributed by atoms with van der Waals surface area (Å²) in [7, 11) is -1.35. The van der Waals surface area contributed by atoms with Crippen molar-refractivity contribution in [2.45, 2.75) is 12.2 Å². The fourth-order valence-electron chi connectivity index (χ4n) is 2.70. The van der Waals surface area contributed by atoms with E-state index in [9.17, 15) is 14.8 Å². The Balaban J connectivity index is 1.78. The number of benzene rings is 1. The molecule has 1 aliphatic rings. The number of hydrogen-bond donors (Lipinski definition) is 2. The third-order valence-electron chi connectivity index (χ3n) is 3.93. The fourth-order valence-corrected chi connectivity index (χ4v) is 2.70. The Hall–Kier alpha value is -2.05. The first-order valence-corrected chi connectivity index (χ1v) is 7.04. The molecule has 0 aliphatic carbocycles. The van der Waals surface area contributed by atoms with Crippen LogP contribution in [0.2, 0.25) is 5.82 Å². The summed E-state index contributed by atoms with van der Waals surface area (Å²) in [6.45, 7) is 0.957. The van der Waals surface area contributed by atoms with E-state index >= 15 is 0 Å². The lowest BCUT2D eigenvalue weighted by Gasteiger charge is -2.17. The molecule has 1 amide bonds. The van der Waals surface area contributed by atoms with E-state index in [1.165, 1.54) is 0 Å². The first kappa shape index (κ1) is 13.9. The standard InChI is InChI=1S/C15H17BN2O3/c19-15(18-9-6-13(11-18)16(20)21)12-4-3-5-14(10-12)17-7-1-2-8-17/h1-5,7-8,10,13,20-21H,6,9,11H2. The summed E-state index contributed by atoms with van der Waals surface area (Å²) in [5.74, 6) is -0.311. The molecule has 108 valence electrons. The molecule has 6 heteroatoms. The molecule has 1 saturated heterocycles. The molecule has 5 nitrogen and oxygen atoms in total.